The summed E-state index contributed by atoms with van der Waals surface area (Å²) in [7, 11) is 3.03. The van der Waals surface area contributed by atoms with Crippen molar-refractivity contribution in [2.45, 2.75) is 6.92 Å². The predicted molar refractivity (Wildman–Crippen MR) is 96.4 cm³/mol. The highest BCUT2D eigenvalue weighted by atomic mass is 16.5. The second kappa shape index (κ2) is 8.16. The predicted octanol–water partition coefficient (Wildman–Crippen LogP) is 2.16. The first-order chi connectivity index (χ1) is 12.0. The number of aryl methyl sites for hydroxylation is 1. The largest absolute Gasteiger partial charge is 0.493 e. The molecule has 7 nitrogen and oxygen atoms in total. The van der Waals surface area contributed by atoms with Gasteiger partial charge in [0.05, 0.1) is 20.8 Å². The van der Waals surface area contributed by atoms with E-state index in [1.165, 1.54) is 14.2 Å². The van der Waals surface area contributed by atoms with Crippen LogP contribution in [0, 0.1) is 6.92 Å². The Hall–Kier alpha value is -3.06. The number of nitrogens with one attached hydrogen (secondary N) is 2. The molecule has 0 heterocycles. The van der Waals surface area contributed by atoms with E-state index in [4.69, 9.17) is 15.2 Å². The van der Waals surface area contributed by atoms with E-state index in [2.05, 4.69) is 10.6 Å². The van der Waals surface area contributed by atoms with Crippen LogP contribution < -0.4 is 25.8 Å². The molecule has 2 rings (SSSR count). The maximum Gasteiger partial charge on any atom is 0.255 e. The summed E-state index contributed by atoms with van der Waals surface area (Å²) in [5, 5.41) is 5.48. The first kappa shape index (κ1) is 18.3. The van der Waals surface area contributed by atoms with Crippen LogP contribution >= 0.6 is 0 Å². The summed E-state index contributed by atoms with van der Waals surface area (Å²) in [6.07, 6.45) is 0. The Morgan fingerprint density at radius 3 is 2.36 bits per heavy atom. The van der Waals surface area contributed by atoms with Gasteiger partial charge in [0.15, 0.2) is 11.5 Å². The Bertz CT molecular complexity index is 790. The third-order valence-electron chi connectivity index (χ3n) is 3.60. The molecule has 0 saturated heterocycles. The summed E-state index contributed by atoms with van der Waals surface area (Å²) in [6.45, 7) is 1.74. The molecule has 0 aliphatic rings. The Labute approximate surface area is 146 Å². The van der Waals surface area contributed by atoms with Gasteiger partial charge in [-0.05, 0) is 42.8 Å². The molecule has 0 fully saturated rings. The van der Waals surface area contributed by atoms with Gasteiger partial charge >= 0.3 is 0 Å². The summed E-state index contributed by atoms with van der Waals surface area (Å²) >= 11 is 0. The highest BCUT2D eigenvalue weighted by molar-refractivity contribution is 6.05. The minimum atomic E-state index is -0.305. The van der Waals surface area contributed by atoms with Gasteiger partial charge in [-0.2, -0.15) is 0 Å². The van der Waals surface area contributed by atoms with E-state index in [0.717, 1.165) is 5.56 Å². The molecule has 0 radical (unpaired) electrons. The van der Waals surface area contributed by atoms with E-state index in [-0.39, 0.29) is 18.4 Å². The molecular weight excluding hydrogens is 322 g/mol. The zero-order chi connectivity index (χ0) is 18.4. The lowest BCUT2D eigenvalue weighted by Crippen LogP contribution is -2.22. The number of carbonyl (C=O) groups excluding carboxylic acids is 2. The fourth-order valence-corrected chi connectivity index (χ4v) is 2.22. The monoisotopic (exact) mass is 343 g/mol. The van der Waals surface area contributed by atoms with Crippen LogP contribution in [0.15, 0.2) is 36.4 Å². The third kappa shape index (κ3) is 4.48. The summed E-state index contributed by atoms with van der Waals surface area (Å²) in [4.78, 5) is 23.9. The Morgan fingerprint density at radius 1 is 1.00 bits per heavy atom. The van der Waals surface area contributed by atoms with Gasteiger partial charge in [0.2, 0.25) is 5.91 Å². The van der Waals surface area contributed by atoms with Crippen LogP contribution in [0.1, 0.15) is 15.9 Å². The highest BCUT2D eigenvalue weighted by Crippen LogP contribution is 2.28. The molecule has 2 aromatic rings. The molecule has 132 valence electrons. The lowest BCUT2D eigenvalue weighted by Gasteiger charge is -2.12. The van der Waals surface area contributed by atoms with Crippen LogP contribution in [0.2, 0.25) is 0 Å². The van der Waals surface area contributed by atoms with E-state index in [0.29, 0.717) is 28.4 Å². The SMILES string of the molecule is COc1ccc(C(=O)Nc2ccc(C)c(NC(=O)CN)c2)cc1OC. The number of benzene rings is 2. The number of methoxy groups -OCH3 is 2. The number of hydrogen-bond donors (Lipinski definition) is 3. The molecule has 0 bridgehead atoms. The van der Waals surface area contributed by atoms with Crippen molar-refractivity contribution in [1.82, 2.24) is 0 Å². The molecule has 4 N–H and O–H groups in total. The minimum absolute atomic E-state index is 0.109. The molecule has 0 spiro atoms. The molecule has 2 amide bonds. The summed E-state index contributed by atoms with van der Waals surface area (Å²) in [5.74, 6) is 0.406. The van der Waals surface area contributed by atoms with Crippen LogP contribution in [-0.2, 0) is 4.79 Å². The van der Waals surface area contributed by atoms with Gasteiger partial charge in [-0.25, -0.2) is 0 Å². The molecule has 25 heavy (non-hydrogen) atoms. The smallest absolute Gasteiger partial charge is 0.255 e. The molecule has 7 heteroatoms. The number of carbonyl (C=O) groups is 2. The lowest BCUT2D eigenvalue weighted by molar-refractivity contribution is -0.114. The second-order valence-electron chi connectivity index (χ2n) is 5.31. The fraction of sp³-hybridized carbons (Fsp3) is 0.222. The van der Waals surface area contributed by atoms with Crippen molar-refractivity contribution in [1.29, 1.82) is 0 Å². The minimum Gasteiger partial charge on any atom is -0.493 e. The fourth-order valence-electron chi connectivity index (χ4n) is 2.22. The lowest BCUT2D eigenvalue weighted by atomic mass is 10.1. The van der Waals surface area contributed by atoms with Gasteiger partial charge in [-0.3, -0.25) is 9.59 Å². The van der Waals surface area contributed by atoms with Gasteiger partial charge in [0.1, 0.15) is 0 Å². The summed E-state index contributed by atoms with van der Waals surface area (Å²) in [5.41, 5.74) is 7.75. The van der Waals surface area contributed by atoms with Gasteiger partial charge in [0, 0.05) is 16.9 Å². The van der Waals surface area contributed by atoms with Crippen molar-refractivity contribution in [2.75, 3.05) is 31.4 Å². The van der Waals surface area contributed by atoms with E-state index in [9.17, 15) is 9.59 Å². The standard InChI is InChI=1S/C18H21N3O4/c1-11-4-6-13(9-14(11)21-17(22)10-19)20-18(23)12-5-7-15(24-2)16(8-12)25-3/h4-9H,10,19H2,1-3H3,(H,20,23)(H,21,22). The molecule has 0 atom stereocenters. The van der Waals surface area contributed by atoms with Crippen LogP contribution in [0.3, 0.4) is 0 Å². The average molecular weight is 343 g/mol. The van der Waals surface area contributed by atoms with Crippen molar-refractivity contribution in [3.8, 4) is 11.5 Å². The van der Waals surface area contributed by atoms with Gasteiger partial charge in [-0.1, -0.05) is 6.07 Å². The molecule has 0 aliphatic carbocycles. The molecule has 0 aromatic heterocycles. The van der Waals surface area contributed by atoms with Crippen molar-refractivity contribution < 1.29 is 19.1 Å². The normalized spacial score (nSPS) is 10.1. The number of amides is 2. The van der Waals surface area contributed by atoms with Gasteiger partial charge in [0.25, 0.3) is 5.91 Å². The second-order valence-corrected chi connectivity index (χ2v) is 5.31. The van der Waals surface area contributed by atoms with Crippen molar-refractivity contribution in [3.05, 3.63) is 47.5 Å². The maximum absolute atomic E-state index is 12.4. The Morgan fingerprint density at radius 2 is 1.72 bits per heavy atom. The number of hydrogen-bond acceptors (Lipinski definition) is 5. The maximum atomic E-state index is 12.4. The highest BCUT2D eigenvalue weighted by Gasteiger charge is 2.12. The average Bonchev–Trinajstić information content (AvgIpc) is 2.63. The van der Waals surface area contributed by atoms with Crippen LogP contribution in [-0.4, -0.2) is 32.6 Å². The summed E-state index contributed by atoms with van der Waals surface area (Å²) < 4.78 is 10.4. The first-order valence-electron chi connectivity index (χ1n) is 7.62. The van der Waals surface area contributed by atoms with E-state index in [1.54, 1.807) is 36.4 Å². The third-order valence-corrected chi connectivity index (χ3v) is 3.60. The molecule has 0 aliphatic heterocycles. The molecule has 0 unspecified atom stereocenters. The van der Waals surface area contributed by atoms with Crippen molar-refractivity contribution >= 4 is 23.2 Å². The van der Waals surface area contributed by atoms with E-state index in [1.807, 2.05) is 6.92 Å². The number of rotatable bonds is 6. The molecular formula is C18H21N3O4. The van der Waals surface area contributed by atoms with Crippen LogP contribution in [0.5, 0.6) is 11.5 Å². The van der Waals surface area contributed by atoms with E-state index >= 15 is 0 Å². The van der Waals surface area contributed by atoms with E-state index < -0.39 is 0 Å². The molecule has 0 saturated carbocycles. The van der Waals surface area contributed by atoms with Crippen molar-refractivity contribution in [3.63, 3.8) is 0 Å². The van der Waals surface area contributed by atoms with Crippen LogP contribution in [0.25, 0.3) is 0 Å². The van der Waals surface area contributed by atoms with Crippen molar-refractivity contribution in [2.24, 2.45) is 5.73 Å². The number of nitrogens with two attached hydrogens (primary N) is 1. The zero-order valence-electron chi connectivity index (χ0n) is 14.4. The summed E-state index contributed by atoms with van der Waals surface area (Å²) in [6, 6.07) is 10.1. The Kier molecular flexibility index (Phi) is 5.97. The topological polar surface area (TPSA) is 103 Å². The van der Waals surface area contributed by atoms with Gasteiger partial charge < -0.3 is 25.8 Å². The van der Waals surface area contributed by atoms with Gasteiger partial charge in [-0.15, -0.1) is 0 Å². The van der Waals surface area contributed by atoms with Crippen LogP contribution in [0.4, 0.5) is 11.4 Å². The number of ether oxygens (including phenoxy) is 2. The quantitative estimate of drug-likeness (QED) is 0.746. The number of anilines is 2. The zero-order valence-corrected chi connectivity index (χ0v) is 14.4. The first-order valence-corrected chi connectivity index (χ1v) is 7.62. The Balaban J connectivity index is 2.20. The molecule has 2 aromatic carbocycles.